The Balaban J connectivity index is 1.74. The lowest BCUT2D eigenvalue weighted by Crippen LogP contribution is -2.71. The van der Waals surface area contributed by atoms with Gasteiger partial charge in [-0.3, -0.25) is 0 Å². The molecule has 5 fully saturated rings. The van der Waals surface area contributed by atoms with Crippen molar-refractivity contribution < 1.29 is 0 Å². The van der Waals surface area contributed by atoms with Crippen molar-refractivity contribution >= 4 is 0 Å². The molecular formula is C13H21N. The highest BCUT2D eigenvalue weighted by Gasteiger charge is 2.61. The van der Waals surface area contributed by atoms with Crippen LogP contribution in [-0.4, -0.2) is 24.0 Å². The summed E-state index contributed by atoms with van der Waals surface area (Å²) in [5.41, 5.74) is 0.716. The summed E-state index contributed by atoms with van der Waals surface area (Å²) in [6, 6.07) is 0. The van der Waals surface area contributed by atoms with Crippen LogP contribution in [0.15, 0.2) is 0 Å². The standard InChI is InChI=1S/C13H21N/c1-14-3-2-13(14)11-5-9-4-10(7-11)8-12(13)6-9/h9-12H,2-8H2,1H3. The third-order valence-electron chi connectivity index (χ3n) is 6.11. The molecule has 0 atom stereocenters. The molecule has 1 heteroatoms. The zero-order valence-corrected chi connectivity index (χ0v) is 9.21. The van der Waals surface area contributed by atoms with E-state index in [4.69, 9.17) is 0 Å². The SMILES string of the molecule is CN1CCC12C1CC3CC(C1)CC2C3. The second-order valence-corrected chi connectivity index (χ2v) is 6.47. The summed E-state index contributed by atoms with van der Waals surface area (Å²) < 4.78 is 0. The molecule has 1 heterocycles. The van der Waals surface area contributed by atoms with Crippen molar-refractivity contribution in [3.05, 3.63) is 0 Å². The summed E-state index contributed by atoms with van der Waals surface area (Å²) in [7, 11) is 2.38. The van der Waals surface area contributed by atoms with E-state index in [1.807, 2.05) is 0 Å². The van der Waals surface area contributed by atoms with E-state index < -0.39 is 0 Å². The van der Waals surface area contributed by atoms with E-state index in [9.17, 15) is 0 Å². The van der Waals surface area contributed by atoms with Gasteiger partial charge >= 0.3 is 0 Å². The Morgan fingerprint density at radius 3 is 1.86 bits per heavy atom. The van der Waals surface area contributed by atoms with E-state index in [2.05, 4.69) is 11.9 Å². The summed E-state index contributed by atoms with van der Waals surface area (Å²) in [5.74, 6) is 4.46. The number of hydrogen-bond donors (Lipinski definition) is 0. The van der Waals surface area contributed by atoms with Crippen LogP contribution in [0.4, 0.5) is 0 Å². The molecule has 0 aromatic rings. The van der Waals surface area contributed by atoms with Crippen molar-refractivity contribution in [2.75, 3.05) is 13.6 Å². The number of hydrogen-bond acceptors (Lipinski definition) is 1. The van der Waals surface area contributed by atoms with Crippen molar-refractivity contribution in [2.45, 2.75) is 44.1 Å². The van der Waals surface area contributed by atoms with Crippen LogP contribution in [0.5, 0.6) is 0 Å². The largest absolute Gasteiger partial charge is 0.300 e. The minimum Gasteiger partial charge on any atom is -0.300 e. The van der Waals surface area contributed by atoms with Gasteiger partial charge in [-0.25, -0.2) is 0 Å². The zero-order chi connectivity index (χ0) is 9.34. The molecule has 4 aliphatic carbocycles. The Morgan fingerprint density at radius 1 is 0.929 bits per heavy atom. The molecule has 1 spiro atoms. The monoisotopic (exact) mass is 191 g/mol. The maximum Gasteiger partial charge on any atom is 0.0275 e. The molecule has 0 amide bonds. The second kappa shape index (κ2) is 2.37. The molecule has 1 nitrogen and oxygen atoms in total. The smallest absolute Gasteiger partial charge is 0.0275 e. The van der Waals surface area contributed by atoms with Crippen LogP contribution in [0, 0.1) is 23.7 Å². The van der Waals surface area contributed by atoms with Crippen LogP contribution in [0.2, 0.25) is 0 Å². The Morgan fingerprint density at radius 2 is 1.50 bits per heavy atom. The second-order valence-electron chi connectivity index (χ2n) is 6.47. The minimum atomic E-state index is 0.716. The van der Waals surface area contributed by atoms with Gasteiger partial charge in [0.1, 0.15) is 0 Å². The first-order chi connectivity index (χ1) is 6.79. The van der Waals surface area contributed by atoms with Crippen molar-refractivity contribution in [3.63, 3.8) is 0 Å². The van der Waals surface area contributed by atoms with E-state index >= 15 is 0 Å². The highest BCUT2D eigenvalue weighted by molar-refractivity contribution is 5.15. The topological polar surface area (TPSA) is 3.24 Å². The first kappa shape index (κ1) is 8.15. The summed E-state index contributed by atoms with van der Waals surface area (Å²) >= 11 is 0. The number of likely N-dealkylation sites (tertiary alicyclic amines) is 1. The Labute approximate surface area is 86.9 Å². The van der Waals surface area contributed by atoms with E-state index in [-0.39, 0.29) is 0 Å². The van der Waals surface area contributed by atoms with Crippen LogP contribution in [-0.2, 0) is 0 Å². The van der Waals surface area contributed by atoms with Gasteiger partial charge in [0, 0.05) is 12.1 Å². The van der Waals surface area contributed by atoms with Crippen LogP contribution >= 0.6 is 0 Å². The van der Waals surface area contributed by atoms with Crippen molar-refractivity contribution in [1.29, 1.82) is 0 Å². The molecule has 5 aliphatic rings. The molecule has 0 radical (unpaired) electrons. The predicted molar refractivity (Wildman–Crippen MR) is 57.0 cm³/mol. The molecular weight excluding hydrogens is 170 g/mol. The van der Waals surface area contributed by atoms with E-state index in [0.29, 0.717) is 5.54 Å². The first-order valence-electron chi connectivity index (χ1n) is 6.50. The average molecular weight is 191 g/mol. The lowest BCUT2D eigenvalue weighted by molar-refractivity contribution is -0.177. The fourth-order valence-electron chi connectivity index (χ4n) is 5.63. The molecule has 0 aromatic carbocycles. The molecule has 4 saturated carbocycles. The molecule has 14 heavy (non-hydrogen) atoms. The summed E-state index contributed by atoms with van der Waals surface area (Å²) in [6.45, 7) is 1.38. The van der Waals surface area contributed by atoms with E-state index in [1.165, 1.54) is 13.0 Å². The van der Waals surface area contributed by atoms with Gasteiger partial charge in [-0.15, -0.1) is 0 Å². The summed E-state index contributed by atoms with van der Waals surface area (Å²) in [4.78, 5) is 2.71. The Kier molecular flexibility index (Phi) is 1.38. The van der Waals surface area contributed by atoms with Gasteiger partial charge < -0.3 is 4.90 Å². The normalized spacial score (nSPS) is 60.6. The maximum absolute atomic E-state index is 2.71. The van der Waals surface area contributed by atoms with E-state index in [1.54, 1.807) is 32.1 Å². The van der Waals surface area contributed by atoms with Crippen LogP contribution < -0.4 is 0 Å². The molecule has 1 saturated heterocycles. The highest BCUT2D eigenvalue weighted by atomic mass is 15.3. The Bertz CT molecular complexity index is 242. The van der Waals surface area contributed by atoms with Crippen LogP contribution in [0.1, 0.15) is 38.5 Å². The summed E-state index contributed by atoms with van der Waals surface area (Å²) in [5, 5.41) is 0. The van der Waals surface area contributed by atoms with Crippen molar-refractivity contribution in [2.24, 2.45) is 23.7 Å². The number of rotatable bonds is 0. The molecule has 4 bridgehead atoms. The maximum atomic E-state index is 2.71. The predicted octanol–water partition coefficient (Wildman–Crippen LogP) is 2.52. The number of nitrogens with zero attached hydrogens (tertiary/aromatic N) is 1. The lowest BCUT2D eigenvalue weighted by Gasteiger charge is -2.69. The van der Waals surface area contributed by atoms with Crippen LogP contribution in [0.3, 0.4) is 0 Å². The van der Waals surface area contributed by atoms with Gasteiger partial charge in [0.2, 0.25) is 0 Å². The molecule has 0 N–H and O–H groups in total. The van der Waals surface area contributed by atoms with Crippen LogP contribution in [0.25, 0.3) is 0 Å². The van der Waals surface area contributed by atoms with Gasteiger partial charge in [-0.05, 0) is 69.2 Å². The van der Waals surface area contributed by atoms with Gasteiger partial charge in [0.05, 0.1) is 0 Å². The van der Waals surface area contributed by atoms with E-state index in [0.717, 1.165) is 23.7 Å². The van der Waals surface area contributed by atoms with Gasteiger partial charge in [-0.2, -0.15) is 0 Å². The average Bonchev–Trinajstić information content (AvgIpc) is 2.14. The zero-order valence-electron chi connectivity index (χ0n) is 9.21. The molecule has 0 unspecified atom stereocenters. The quantitative estimate of drug-likeness (QED) is 0.568. The third-order valence-corrected chi connectivity index (χ3v) is 6.11. The van der Waals surface area contributed by atoms with Crippen molar-refractivity contribution in [1.82, 2.24) is 4.90 Å². The van der Waals surface area contributed by atoms with Gasteiger partial charge in [0.25, 0.3) is 0 Å². The highest BCUT2D eigenvalue weighted by Crippen LogP contribution is 2.63. The molecule has 1 aliphatic heterocycles. The van der Waals surface area contributed by atoms with Gasteiger partial charge in [0.15, 0.2) is 0 Å². The minimum absolute atomic E-state index is 0.716. The lowest BCUT2D eigenvalue weighted by atomic mass is 9.45. The van der Waals surface area contributed by atoms with Gasteiger partial charge in [-0.1, -0.05) is 0 Å². The molecule has 0 aromatic heterocycles. The molecule has 5 rings (SSSR count). The first-order valence-corrected chi connectivity index (χ1v) is 6.50. The molecule has 78 valence electrons. The summed E-state index contributed by atoms with van der Waals surface area (Å²) in [6.07, 6.45) is 9.44. The fraction of sp³-hybridized carbons (Fsp3) is 1.00. The van der Waals surface area contributed by atoms with Crippen molar-refractivity contribution in [3.8, 4) is 0 Å². The third kappa shape index (κ3) is 0.743. The Hall–Kier alpha value is -0.0400. The fourth-order valence-corrected chi connectivity index (χ4v) is 5.63.